The van der Waals surface area contributed by atoms with Crippen LogP contribution in [-0.2, 0) is 28.8 Å². The minimum atomic E-state index is -1.45. The van der Waals surface area contributed by atoms with Crippen LogP contribution < -0.4 is 22.1 Å². The van der Waals surface area contributed by atoms with Gasteiger partial charge in [0.1, 0.15) is 18.1 Å². The molecule has 1 fully saturated rings. The van der Waals surface area contributed by atoms with Crippen molar-refractivity contribution in [3.8, 4) is 0 Å². The van der Waals surface area contributed by atoms with Gasteiger partial charge in [-0.25, -0.2) is 4.79 Å². The maximum absolute atomic E-state index is 13.2. The van der Waals surface area contributed by atoms with Crippen molar-refractivity contribution >= 4 is 35.6 Å². The van der Waals surface area contributed by atoms with Crippen molar-refractivity contribution in [1.82, 2.24) is 15.5 Å². The summed E-state index contributed by atoms with van der Waals surface area (Å²) < 4.78 is 0. The monoisotopic (exact) mass is 501 g/mol. The van der Waals surface area contributed by atoms with Crippen LogP contribution in [0.2, 0.25) is 0 Å². The molecule has 1 aliphatic heterocycles. The molecule has 9 N–H and O–H groups in total. The number of nitrogens with one attached hydrogen (secondary N) is 2. The number of likely N-dealkylation sites (tertiary alicyclic amines) is 1. The molecule has 1 saturated heterocycles. The number of hydrogen-bond acceptors (Lipinski definition) is 8. The SMILES string of the molecule is NCCCCC(N)C(=O)NC(CCC(=O)O)C(=O)N1CCCC1C(=O)NC(CCC(=O)O)C(=O)O. The topological polar surface area (TPSA) is 242 Å². The zero-order valence-corrected chi connectivity index (χ0v) is 19.5. The second-order valence-electron chi connectivity index (χ2n) is 8.41. The maximum atomic E-state index is 13.2. The fourth-order valence-electron chi connectivity index (χ4n) is 3.74. The normalized spacial score (nSPS) is 17.8. The summed E-state index contributed by atoms with van der Waals surface area (Å²) in [6, 6.07) is -4.67. The van der Waals surface area contributed by atoms with E-state index in [1.54, 1.807) is 0 Å². The Morgan fingerprint density at radius 2 is 1.49 bits per heavy atom. The van der Waals surface area contributed by atoms with Gasteiger partial charge in [0.25, 0.3) is 0 Å². The molecule has 0 radical (unpaired) electrons. The van der Waals surface area contributed by atoms with Gasteiger partial charge in [-0.15, -0.1) is 0 Å². The van der Waals surface area contributed by atoms with Gasteiger partial charge in [0, 0.05) is 19.4 Å². The second-order valence-corrected chi connectivity index (χ2v) is 8.41. The third-order valence-electron chi connectivity index (χ3n) is 5.67. The first-order valence-electron chi connectivity index (χ1n) is 11.5. The smallest absolute Gasteiger partial charge is 0.326 e. The molecule has 0 aromatic heterocycles. The molecule has 0 saturated carbocycles. The molecule has 14 heteroatoms. The van der Waals surface area contributed by atoms with Crippen molar-refractivity contribution in [2.24, 2.45) is 11.5 Å². The quantitative estimate of drug-likeness (QED) is 0.116. The van der Waals surface area contributed by atoms with Crippen molar-refractivity contribution in [3.63, 3.8) is 0 Å². The zero-order valence-electron chi connectivity index (χ0n) is 19.5. The molecule has 198 valence electrons. The number of nitrogens with two attached hydrogens (primary N) is 2. The molecule has 0 spiro atoms. The number of hydrogen-bond donors (Lipinski definition) is 7. The molecule has 4 unspecified atom stereocenters. The van der Waals surface area contributed by atoms with Gasteiger partial charge in [0.15, 0.2) is 0 Å². The molecule has 1 rings (SSSR count). The molecule has 3 amide bonds. The lowest BCUT2D eigenvalue weighted by molar-refractivity contribution is -0.145. The van der Waals surface area contributed by atoms with E-state index in [4.69, 9.17) is 21.7 Å². The Balaban J connectivity index is 2.92. The van der Waals surface area contributed by atoms with E-state index in [0.29, 0.717) is 32.2 Å². The minimum Gasteiger partial charge on any atom is -0.481 e. The summed E-state index contributed by atoms with van der Waals surface area (Å²) in [6.45, 7) is 0.581. The summed E-state index contributed by atoms with van der Waals surface area (Å²) in [5, 5.41) is 31.9. The van der Waals surface area contributed by atoms with E-state index >= 15 is 0 Å². The molecule has 4 atom stereocenters. The molecule has 35 heavy (non-hydrogen) atoms. The van der Waals surface area contributed by atoms with E-state index in [2.05, 4.69) is 10.6 Å². The predicted molar refractivity (Wildman–Crippen MR) is 121 cm³/mol. The van der Waals surface area contributed by atoms with E-state index in [-0.39, 0.29) is 25.8 Å². The molecule has 0 aromatic rings. The van der Waals surface area contributed by atoms with Gasteiger partial charge < -0.3 is 42.3 Å². The van der Waals surface area contributed by atoms with E-state index < -0.39 is 72.6 Å². The highest BCUT2D eigenvalue weighted by Crippen LogP contribution is 2.20. The van der Waals surface area contributed by atoms with E-state index in [9.17, 15) is 33.9 Å². The van der Waals surface area contributed by atoms with Gasteiger partial charge in [0.2, 0.25) is 17.7 Å². The van der Waals surface area contributed by atoms with E-state index in [1.165, 1.54) is 4.90 Å². The van der Waals surface area contributed by atoms with Crippen LogP contribution >= 0.6 is 0 Å². The standard InChI is InChI=1S/C21H35N5O9/c22-10-2-1-4-12(23)18(31)24-13(6-8-16(27)28)20(33)26-11-3-5-15(26)19(32)25-14(21(34)35)7-9-17(29)30/h12-15H,1-11,22-23H2,(H,24,31)(H,25,32)(H,27,28)(H,29,30)(H,34,35). The van der Waals surface area contributed by atoms with Crippen LogP contribution in [0.1, 0.15) is 57.8 Å². The van der Waals surface area contributed by atoms with Gasteiger partial charge in [-0.05, 0) is 45.1 Å². The molecular formula is C21H35N5O9. The Morgan fingerprint density at radius 1 is 0.886 bits per heavy atom. The first-order valence-corrected chi connectivity index (χ1v) is 11.5. The largest absolute Gasteiger partial charge is 0.481 e. The molecule has 0 bridgehead atoms. The van der Waals surface area contributed by atoms with Gasteiger partial charge in [-0.2, -0.15) is 0 Å². The fourth-order valence-corrected chi connectivity index (χ4v) is 3.74. The predicted octanol–water partition coefficient (Wildman–Crippen LogP) is -1.78. The highest BCUT2D eigenvalue weighted by atomic mass is 16.4. The van der Waals surface area contributed by atoms with E-state index in [1.807, 2.05) is 0 Å². The van der Waals surface area contributed by atoms with E-state index in [0.717, 1.165) is 0 Å². The molecule has 14 nitrogen and oxygen atoms in total. The lowest BCUT2D eigenvalue weighted by Crippen LogP contribution is -2.56. The van der Waals surface area contributed by atoms with Gasteiger partial charge in [-0.3, -0.25) is 24.0 Å². The highest BCUT2D eigenvalue weighted by molar-refractivity contribution is 5.94. The number of carboxylic acids is 3. The Hall–Kier alpha value is -3.26. The summed E-state index contributed by atoms with van der Waals surface area (Å²) in [4.78, 5) is 72.9. The number of unbranched alkanes of at least 4 members (excludes halogenated alkanes) is 1. The zero-order chi connectivity index (χ0) is 26.5. The average Bonchev–Trinajstić information content (AvgIpc) is 3.28. The Labute approximate surface area is 202 Å². The maximum Gasteiger partial charge on any atom is 0.326 e. The van der Waals surface area contributed by atoms with Crippen LogP contribution in [0.5, 0.6) is 0 Å². The van der Waals surface area contributed by atoms with Crippen molar-refractivity contribution < 1.29 is 44.1 Å². The number of aliphatic carboxylic acids is 3. The average molecular weight is 502 g/mol. The number of amides is 3. The molecule has 0 aliphatic carbocycles. The third kappa shape index (κ3) is 10.3. The third-order valence-corrected chi connectivity index (χ3v) is 5.67. The summed E-state index contributed by atoms with van der Waals surface area (Å²) in [6.07, 6.45) is 0.781. The highest BCUT2D eigenvalue weighted by Gasteiger charge is 2.39. The number of carboxylic acid groups (broad SMARTS) is 3. The molecule has 1 aliphatic rings. The molecule has 0 aromatic carbocycles. The van der Waals surface area contributed by atoms with Crippen LogP contribution in [0.15, 0.2) is 0 Å². The summed E-state index contributed by atoms with van der Waals surface area (Å²) in [5.74, 6) is -5.89. The van der Waals surface area contributed by atoms with Crippen LogP contribution in [0.4, 0.5) is 0 Å². The van der Waals surface area contributed by atoms with Crippen molar-refractivity contribution in [2.45, 2.75) is 82.0 Å². The first-order chi connectivity index (χ1) is 16.5. The van der Waals surface area contributed by atoms with Crippen LogP contribution in [0, 0.1) is 0 Å². The van der Waals surface area contributed by atoms with Gasteiger partial charge >= 0.3 is 17.9 Å². The summed E-state index contributed by atoms with van der Waals surface area (Å²) >= 11 is 0. The van der Waals surface area contributed by atoms with Crippen molar-refractivity contribution in [1.29, 1.82) is 0 Å². The van der Waals surface area contributed by atoms with Gasteiger partial charge in [-0.1, -0.05) is 6.42 Å². The molecule has 1 heterocycles. The summed E-state index contributed by atoms with van der Waals surface area (Å²) in [5.41, 5.74) is 11.3. The molecular weight excluding hydrogens is 466 g/mol. The number of nitrogens with zero attached hydrogens (tertiary/aromatic N) is 1. The lowest BCUT2D eigenvalue weighted by Gasteiger charge is -2.29. The Kier molecular flexibility index (Phi) is 12.7. The van der Waals surface area contributed by atoms with Gasteiger partial charge in [0.05, 0.1) is 6.04 Å². The van der Waals surface area contributed by atoms with Crippen LogP contribution in [0.3, 0.4) is 0 Å². The number of carbonyl (C=O) groups excluding carboxylic acids is 3. The Bertz CT molecular complexity index is 791. The van der Waals surface area contributed by atoms with Crippen molar-refractivity contribution in [2.75, 3.05) is 13.1 Å². The fraction of sp³-hybridized carbons (Fsp3) is 0.714. The first kappa shape index (κ1) is 29.8. The van der Waals surface area contributed by atoms with Crippen LogP contribution in [-0.4, -0.2) is 93.1 Å². The van der Waals surface area contributed by atoms with Crippen molar-refractivity contribution in [3.05, 3.63) is 0 Å². The lowest BCUT2D eigenvalue weighted by atomic mass is 10.1. The van der Waals surface area contributed by atoms with Crippen LogP contribution in [0.25, 0.3) is 0 Å². The second kappa shape index (κ2) is 14.9. The summed E-state index contributed by atoms with van der Waals surface area (Å²) in [7, 11) is 0. The minimum absolute atomic E-state index is 0.145. The number of carbonyl (C=O) groups is 6. The Morgan fingerprint density at radius 3 is 2.03 bits per heavy atom. The number of rotatable bonds is 16.